The molecule has 0 aromatic carbocycles. The summed E-state index contributed by atoms with van der Waals surface area (Å²) in [6, 6.07) is 0. The van der Waals surface area contributed by atoms with Gasteiger partial charge in [0.15, 0.2) is 0 Å². The second-order valence-corrected chi connectivity index (χ2v) is 6.05. The van der Waals surface area contributed by atoms with Crippen LogP contribution in [0.25, 0.3) is 0 Å². The number of thioether (sulfide) groups is 1. The molecule has 2 fully saturated rings. The molecule has 0 aromatic rings. The van der Waals surface area contributed by atoms with E-state index in [0.29, 0.717) is 12.3 Å². The van der Waals surface area contributed by atoms with Gasteiger partial charge >= 0.3 is 0 Å². The zero-order valence-corrected chi connectivity index (χ0v) is 11.8. The quantitative estimate of drug-likeness (QED) is 0.612. The summed E-state index contributed by atoms with van der Waals surface area (Å²) in [5.41, 5.74) is 0. The van der Waals surface area contributed by atoms with Crippen LogP contribution in [0.15, 0.2) is 0 Å². The maximum atomic E-state index is 11.8. The van der Waals surface area contributed by atoms with Crippen LogP contribution in [0.4, 0.5) is 0 Å². The van der Waals surface area contributed by atoms with E-state index in [1.807, 2.05) is 0 Å². The fourth-order valence-electron chi connectivity index (χ4n) is 2.49. The van der Waals surface area contributed by atoms with Crippen LogP contribution in [0.1, 0.15) is 19.8 Å². The molecule has 2 rings (SSSR count). The molecule has 7 heteroatoms. The topological polar surface area (TPSA) is 90.2 Å². The Labute approximate surface area is 116 Å². The molecule has 1 unspecified atom stereocenters. The summed E-state index contributed by atoms with van der Waals surface area (Å²) >= 11 is 1.42. The largest absolute Gasteiger partial charge is 0.394 e. The van der Waals surface area contributed by atoms with Crippen molar-refractivity contribution in [1.29, 1.82) is 0 Å². The first-order valence-electron chi connectivity index (χ1n) is 6.63. The highest BCUT2D eigenvalue weighted by atomic mass is 32.2. The third kappa shape index (κ3) is 2.90. The second-order valence-electron chi connectivity index (χ2n) is 4.95. The number of nitrogens with zero attached hydrogens (tertiary/aromatic N) is 1. The summed E-state index contributed by atoms with van der Waals surface area (Å²) in [6.45, 7) is 2.35. The fraction of sp³-hybridized carbons (Fsp3) is 0.917. The van der Waals surface area contributed by atoms with Crippen molar-refractivity contribution >= 4 is 17.7 Å². The van der Waals surface area contributed by atoms with Gasteiger partial charge in [0.25, 0.3) is 0 Å². The molecular weight excluding hydrogens is 270 g/mol. The van der Waals surface area contributed by atoms with Crippen molar-refractivity contribution in [3.63, 3.8) is 0 Å². The van der Waals surface area contributed by atoms with Gasteiger partial charge in [-0.3, -0.25) is 4.79 Å². The molecule has 1 amide bonds. The molecule has 3 N–H and O–H groups in total. The molecule has 6 nitrogen and oxygen atoms in total. The molecule has 0 aliphatic carbocycles. The van der Waals surface area contributed by atoms with Crippen LogP contribution in [0.3, 0.4) is 0 Å². The average molecular weight is 291 g/mol. The van der Waals surface area contributed by atoms with Gasteiger partial charge in [0.2, 0.25) is 5.91 Å². The number of ether oxygens (including phenoxy) is 1. The fourth-order valence-corrected chi connectivity index (χ4v) is 3.78. The predicted molar refractivity (Wildman–Crippen MR) is 70.6 cm³/mol. The molecule has 0 spiro atoms. The molecule has 2 aliphatic rings. The van der Waals surface area contributed by atoms with Gasteiger partial charge in [-0.15, -0.1) is 11.8 Å². The van der Waals surface area contributed by atoms with Gasteiger partial charge in [-0.1, -0.05) is 13.3 Å². The minimum Gasteiger partial charge on any atom is -0.394 e. The van der Waals surface area contributed by atoms with Gasteiger partial charge < -0.3 is 25.0 Å². The van der Waals surface area contributed by atoms with Crippen LogP contribution in [-0.4, -0.2) is 74.8 Å². The van der Waals surface area contributed by atoms with Crippen LogP contribution in [0.5, 0.6) is 0 Å². The SMILES string of the molecule is CCCCN1C(=O)CS[C@@H]1C1O[C@H](CO)[C@@H](O)[C@@H]1O. The molecule has 110 valence electrons. The van der Waals surface area contributed by atoms with Crippen LogP contribution in [-0.2, 0) is 9.53 Å². The van der Waals surface area contributed by atoms with E-state index in [9.17, 15) is 15.0 Å². The first-order valence-corrected chi connectivity index (χ1v) is 7.68. The molecule has 2 heterocycles. The summed E-state index contributed by atoms with van der Waals surface area (Å²) in [7, 11) is 0. The lowest BCUT2D eigenvalue weighted by molar-refractivity contribution is -0.131. The zero-order valence-electron chi connectivity index (χ0n) is 10.9. The van der Waals surface area contributed by atoms with Crippen molar-refractivity contribution in [2.45, 2.75) is 49.6 Å². The van der Waals surface area contributed by atoms with E-state index in [0.717, 1.165) is 12.8 Å². The van der Waals surface area contributed by atoms with Crippen LogP contribution < -0.4 is 0 Å². The van der Waals surface area contributed by atoms with E-state index in [4.69, 9.17) is 9.84 Å². The number of carbonyl (C=O) groups excluding carboxylic acids is 1. The lowest BCUT2D eigenvalue weighted by atomic mass is 10.1. The van der Waals surface area contributed by atoms with E-state index in [1.165, 1.54) is 11.8 Å². The van der Waals surface area contributed by atoms with Gasteiger partial charge in [0, 0.05) is 6.54 Å². The highest BCUT2D eigenvalue weighted by Crippen LogP contribution is 2.35. The summed E-state index contributed by atoms with van der Waals surface area (Å²) < 4.78 is 5.51. The van der Waals surface area contributed by atoms with Crippen LogP contribution in [0.2, 0.25) is 0 Å². The maximum Gasteiger partial charge on any atom is 0.233 e. The Bertz CT molecular complexity index is 329. The van der Waals surface area contributed by atoms with E-state index in [2.05, 4.69) is 6.92 Å². The monoisotopic (exact) mass is 291 g/mol. The Morgan fingerprint density at radius 2 is 2.16 bits per heavy atom. The van der Waals surface area contributed by atoms with E-state index in [1.54, 1.807) is 4.90 Å². The molecule has 2 aliphatic heterocycles. The number of carbonyl (C=O) groups is 1. The van der Waals surface area contributed by atoms with E-state index in [-0.39, 0.29) is 17.9 Å². The maximum absolute atomic E-state index is 11.8. The Morgan fingerprint density at radius 3 is 2.74 bits per heavy atom. The molecule has 2 saturated heterocycles. The molecule has 19 heavy (non-hydrogen) atoms. The summed E-state index contributed by atoms with van der Waals surface area (Å²) in [5, 5.41) is 28.6. The molecule has 0 bridgehead atoms. The predicted octanol–water partition coefficient (Wildman–Crippen LogP) is -0.831. The number of amides is 1. The molecule has 0 saturated carbocycles. The number of aliphatic hydroxyl groups is 3. The Kier molecular flexibility index (Phi) is 5.08. The molecule has 0 radical (unpaired) electrons. The minimum atomic E-state index is -1.10. The van der Waals surface area contributed by atoms with Crippen LogP contribution >= 0.6 is 11.8 Å². The van der Waals surface area contributed by atoms with Crippen molar-refractivity contribution in [2.24, 2.45) is 0 Å². The lowest BCUT2D eigenvalue weighted by Gasteiger charge is -2.29. The average Bonchev–Trinajstić information content (AvgIpc) is 2.90. The Morgan fingerprint density at radius 1 is 1.42 bits per heavy atom. The number of rotatable bonds is 5. The third-order valence-electron chi connectivity index (χ3n) is 3.62. The highest BCUT2D eigenvalue weighted by molar-refractivity contribution is 8.01. The van der Waals surface area contributed by atoms with Crippen molar-refractivity contribution in [2.75, 3.05) is 18.9 Å². The standard InChI is InChI=1S/C12H21NO5S/c1-2-3-4-13-8(15)6-19-12(13)11-10(17)9(16)7(5-14)18-11/h7,9-12,14,16-17H,2-6H2,1H3/t7-,9-,10+,11?,12-/m1/s1. The lowest BCUT2D eigenvalue weighted by Crippen LogP contribution is -2.46. The number of hydrogen-bond donors (Lipinski definition) is 3. The van der Waals surface area contributed by atoms with Crippen molar-refractivity contribution < 1.29 is 24.9 Å². The smallest absolute Gasteiger partial charge is 0.233 e. The van der Waals surface area contributed by atoms with Crippen molar-refractivity contribution in [3.8, 4) is 0 Å². The second kappa shape index (κ2) is 6.41. The number of hydrogen-bond acceptors (Lipinski definition) is 6. The zero-order chi connectivity index (χ0) is 14.0. The van der Waals surface area contributed by atoms with Crippen LogP contribution in [0, 0.1) is 0 Å². The molecule has 0 aromatic heterocycles. The third-order valence-corrected chi connectivity index (χ3v) is 4.90. The molecular formula is C12H21NO5S. The van der Waals surface area contributed by atoms with Gasteiger partial charge in [0.1, 0.15) is 29.8 Å². The van der Waals surface area contributed by atoms with Crippen molar-refractivity contribution in [3.05, 3.63) is 0 Å². The highest BCUT2D eigenvalue weighted by Gasteiger charge is 2.50. The van der Waals surface area contributed by atoms with Gasteiger partial charge in [-0.2, -0.15) is 0 Å². The van der Waals surface area contributed by atoms with E-state index < -0.39 is 24.4 Å². The molecule has 5 atom stereocenters. The van der Waals surface area contributed by atoms with Gasteiger partial charge in [-0.25, -0.2) is 0 Å². The summed E-state index contributed by atoms with van der Waals surface area (Å²) in [4.78, 5) is 13.6. The Balaban J connectivity index is 2.05. The first-order chi connectivity index (χ1) is 9.10. The van der Waals surface area contributed by atoms with E-state index >= 15 is 0 Å². The summed E-state index contributed by atoms with van der Waals surface area (Å²) in [5.74, 6) is 0.419. The number of unbranched alkanes of at least 4 members (excludes halogenated alkanes) is 1. The minimum absolute atomic E-state index is 0.0428. The van der Waals surface area contributed by atoms with Gasteiger partial charge in [0.05, 0.1) is 12.4 Å². The van der Waals surface area contributed by atoms with Gasteiger partial charge in [-0.05, 0) is 6.42 Å². The first kappa shape index (κ1) is 15.1. The number of aliphatic hydroxyl groups excluding tert-OH is 3. The normalized spacial score (nSPS) is 39.3. The summed E-state index contributed by atoms with van der Waals surface area (Å²) in [6.07, 6.45) is -1.69. The van der Waals surface area contributed by atoms with Crippen molar-refractivity contribution in [1.82, 2.24) is 4.90 Å². The Hall–Kier alpha value is -0.340.